The molecule has 0 aliphatic carbocycles. The van der Waals surface area contributed by atoms with Gasteiger partial charge in [-0.1, -0.05) is 6.07 Å². The van der Waals surface area contributed by atoms with Crippen LogP contribution in [0, 0.1) is 5.82 Å². The smallest absolute Gasteiger partial charge is 0.328 e. The van der Waals surface area contributed by atoms with Crippen LogP contribution in [0.3, 0.4) is 0 Å². The second-order valence-corrected chi connectivity index (χ2v) is 4.95. The summed E-state index contributed by atoms with van der Waals surface area (Å²) in [6.45, 7) is -0.303. The quantitative estimate of drug-likeness (QED) is 0.662. The van der Waals surface area contributed by atoms with Crippen molar-refractivity contribution in [1.29, 1.82) is 0 Å². The number of halogens is 1. The molecule has 0 bridgehead atoms. The summed E-state index contributed by atoms with van der Waals surface area (Å²) in [6.07, 6.45) is 1.48. The fourth-order valence-electron chi connectivity index (χ4n) is 1.39. The molecular formula is C13H15FO4S. The first-order valence-electron chi connectivity index (χ1n) is 5.58. The molecule has 0 amide bonds. The van der Waals surface area contributed by atoms with E-state index in [0.717, 1.165) is 6.08 Å². The van der Waals surface area contributed by atoms with Gasteiger partial charge in [0.2, 0.25) is 0 Å². The van der Waals surface area contributed by atoms with Gasteiger partial charge < -0.3 is 15.3 Å². The first kappa shape index (κ1) is 15.7. The SMILES string of the molecule is O=C(O)C=Cc1cc(F)cc(CSCC(O)CO)c1. The van der Waals surface area contributed by atoms with E-state index in [1.807, 2.05) is 0 Å². The number of hydrogen-bond acceptors (Lipinski definition) is 4. The topological polar surface area (TPSA) is 77.8 Å². The molecule has 1 atom stereocenters. The van der Waals surface area contributed by atoms with E-state index in [-0.39, 0.29) is 6.61 Å². The van der Waals surface area contributed by atoms with Crippen LogP contribution in [0.5, 0.6) is 0 Å². The van der Waals surface area contributed by atoms with Crippen molar-refractivity contribution in [3.05, 3.63) is 41.2 Å². The highest BCUT2D eigenvalue weighted by atomic mass is 32.2. The Bertz CT molecular complexity index is 462. The number of aliphatic hydroxyl groups excluding tert-OH is 2. The Balaban J connectivity index is 2.66. The second kappa shape index (κ2) is 7.93. The highest BCUT2D eigenvalue weighted by Crippen LogP contribution is 2.17. The van der Waals surface area contributed by atoms with Gasteiger partial charge in [-0.25, -0.2) is 9.18 Å². The van der Waals surface area contributed by atoms with Gasteiger partial charge in [-0.05, 0) is 29.3 Å². The summed E-state index contributed by atoms with van der Waals surface area (Å²) in [6, 6.07) is 4.29. The molecule has 6 heteroatoms. The Labute approximate surface area is 114 Å². The van der Waals surface area contributed by atoms with Gasteiger partial charge in [-0.15, -0.1) is 0 Å². The Morgan fingerprint density at radius 2 is 2.16 bits per heavy atom. The lowest BCUT2D eigenvalue weighted by Gasteiger charge is -2.07. The normalized spacial score (nSPS) is 12.8. The molecule has 0 spiro atoms. The fourth-order valence-corrected chi connectivity index (χ4v) is 2.29. The van der Waals surface area contributed by atoms with Crippen molar-refractivity contribution < 1.29 is 24.5 Å². The van der Waals surface area contributed by atoms with Crippen LogP contribution in [0.1, 0.15) is 11.1 Å². The van der Waals surface area contributed by atoms with Crippen LogP contribution in [-0.2, 0) is 10.5 Å². The molecule has 3 N–H and O–H groups in total. The van der Waals surface area contributed by atoms with Gasteiger partial charge >= 0.3 is 5.97 Å². The highest BCUT2D eigenvalue weighted by molar-refractivity contribution is 7.98. The molecule has 19 heavy (non-hydrogen) atoms. The Morgan fingerprint density at radius 3 is 2.79 bits per heavy atom. The maximum Gasteiger partial charge on any atom is 0.328 e. The van der Waals surface area contributed by atoms with Crippen LogP contribution in [0.25, 0.3) is 6.08 Å². The molecule has 4 nitrogen and oxygen atoms in total. The van der Waals surface area contributed by atoms with Gasteiger partial charge in [0.15, 0.2) is 0 Å². The minimum atomic E-state index is -1.09. The molecule has 104 valence electrons. The molecular weight excluding hydrogens is 271 g/mol. The van der Waals surface area contributed by atoms with E-state index in [1.165, 1.54) is 30.0 Å². The molecule has 0 aliphatic rings. The van der Waals surface area contributed by atoms with Crippen molar-refractivity contribution in [3.8, 4) is 0 Å². The van der Waals surface area contributed by atoms with Crippen molar-refractivity contribution >= 4 is 23.8 Å². The maximum atomic E-state index is 13.3. The van der Waals surface area contributed by atoms with Gasteiger partial charge in [-0.2, -0.15) is 11.8 Å². The standard InChI is InChI=1S/C13H15FO4S/c14-11-4-9(1-2-13(17)18)3-10(5-11)7-19-8-12(16)6-15/h1-5,12,15-16H,6-8H2,(H,17,18). The molecule has 0 aliphatic heterocycles. The number of carboxylic acids is 1. The molecule has 0 fully saturated rings. The first-order chi connectivity index (χ1) is 9.01. The number of carbonyl (C=O) groups is 1. The molecule has 0 radical (unpaired) electrons. The monoisotopic (exact) mass is 286 g/mol. The van der Waals surface area contributed by atoms with Crippen molar-refractivity contribution in [2.24, 2.45) is 0 Å². The lowest BCUT2D eigenvalue weighted by atomic mass is 10.1. The largest absolute Gasteiger partial charge is 0.478 e. The number of thioether (sulfide) groups is 1. The lowest BCUT2D eigenvalue weighted by Crippen LogP contribution is -2.14. The number of benzene rings is 1. The van der Waals surface area contributed by atoms with Gasteiger partial charge in [0.05, 0.1) is 12.7 Å². The zero-order chi connectivity index (χ0) is 14.3. The van der Waals surface area contributed by atoms with Crippen molar-refractivity contribution in [2.45, 2.75) is 11.9 Å². The van der Waals surface area contributed by atoms with Crippen molar-refractivity contribution in [3.63, 3.8) is 0 Å². The molecule has 0 heterocycles. The van der Waals surface area contributed by atoms with Gasteiger partial charge in [0.25, 0.3) is 0 Å². The molecule has 1 aromatic carbocycles. The Hall–Kier alpha value is -1.37. The number of carboxylic acid groups (broad SMARTS) is 1. The van der Waals surface area contributed by atoms with Crippen LogP contribution < -0.4 is 0 Å². The van der Waals surface area contributed by atoms with E-state index in [1.54, 1.807) is 6.07 Å². The lowest BCUT2D eigenvalue weighted by molar-refractivity contribution is -0.131. The van der Waals surface area contributed by atoms with E-state index in [4.69, 9.17) is 15.3 Å². The van der Waals surface area contributed by atoms with Crippen LogP contribution in [0.15, 0.2) is 24.3 Å². The minimum absolute atomic E-state index is 0.303. The average Bonchev–Trinajstić information content (AvgIpc) is 2.35. The number of aliphatic hydroxyl groups is 2. The average molecular weight is 286 g/mol. The Kier molecular flexibility index (Phi) is 6.55. The predicted octanol–water partition coefficient (Wildman–Crippen LogP) is 1.51. The molecule has 1 aromatic rings. The minimum Gasteiger partial charge on any atom is -0.478 e. The van der Waals surface area contributed by atoms with Gasteiger partial charge in [-0.3, -0.25) is 0 Å². The molecule has 1 unspecified atom stereocenters. The molecule has 1 rings (SSSR count). The van der Waals surface area contributed by atoms with Gasteiger partial charge in [0, 0.05) is 17.6 Å². The first-order valence-corrected chi connectivity index (χ1v) is 6.74. The maximum absolute atomic E-state index is 13.3. The highest BCUT2D eigenvalue weighted by Gasteiger charge is 2.04. The van der Waals surface area contributed by atoms with Gasteiger partial charge in [0.1, 0.15) is 5.82 Å². The zero-order valence-corrected chi connectivity index (χ0v) is 10.9. The summed E-state index contributed by atoms with van der Waals surface area (Å²) in [4.78, 5) is 10.4. The number of hydrogen-bond donors (Lipinski definition) is 3. The third kappa shape index (κ3) is 6.37. The van der Waals surface area contributed by atoms with E-state index in [2.05, 4.69) is 0 Å². The summed E-state index contributed by atoms with van der Waals surface area (Å²) in [5.41, 5.74) is 1.17. The van der Waals surface area contributed by atoms with E-state index in [9.17, 15) is 9.18 Å². The molecule has 0 saturated heterocycles. The summed E-state index contributed by atoms with van der Waals surface area (Å²) in [5.74, 6) is -0.701. The molecule has 0 aromatic heterocycles. The third-order valence-corrected chi connectivity index (χ3v) is 3.35. The predicted molar refractivity (Wildman–Crippen MR) is 72.3 cm³/mol. The summed E-state index contributed by atoms with van der Waals surface area (Å²) >= 11 is 1.36. The summed E-state index contributed by atoms with van der Waals surface area (Å²) in [7, 11) is 0. The number of aliphatic carboxylic acids is 1. The third-order valence-electron chi connectivity index (χ3n) is 2.19. The summed E-state index contributed by atoms with van der Waals surface area (Å²) < 4.78 is 13.3. The van der Waals surface area contributed by atoms with Crippen molar-refractivity contribution in [2.75, 3.05) is 12.4 Å². The fraction of sp³-hybridized carbons (Fsp3) is 0.308. The van der Waals surface area contributed by atoms with E-state index in [0.29, 0.717) is 22.6 Å². The van der Waals surface area contributed by atoms with Crippen LogP contribution in [0.2, 0.25) is 0 Å². The van der Waals surface area contributed by atoms with E-state index < -0.39 is 17.9 Å². The Morgan fingerprint density at radius 1 is 1.42 bits per heavy atom. The summed E-state index contributed by atoms with van der Waals surface area (Å²) in [5, 5.41) is 26.3. The van der Waals surface area contributed by atoms with Crippen LogP contribution in [0.4, 0.5) is 4.39 Å². The van der Waals surface area contributed by atoms with E-state index >= 15 is 0 Å². The van der Waals surface area contributed by atoms with Crippen LogP contribution >= 0.6 is 11.8 Å². The second-order valence-electron chi connectivity index (χ2n) is 3.92. The molecule has 0 saturated carbocycles. The number of rotatable bonds is 7. The van der Waals surface area contributed by atoms with Crippen LogP contribution in [-0.4, -0.2) is 39.8 Å². The zero-order valence-electron chi connectivity index (χ0n) is 10.1. The van der Waals surface area contributed by atoms with Crippen molar-refractivity contribution in [1.82, 2.24) is 0 Å².